The van der Waals surface area contributed by atoms with Crippen LogP contribution in [-0.2, 0) is 12.8 Å². The number of benzene rings is 2. The summed E-state index contributed by atoms with van der Waals surface area (Å²) in [6.45, 7) is -0.140. The molecule has 28 heavy (non-hydrogen) atoms. The highest BCUT2D eigenvalue weighted by atomic mass is 35.5. The minimum atomic E-state index is -4.68. The van der Waals surface area contributed by atoms with Gasteiger partial charge in [0.2, 0.25) is 11.7 Å². The number of ether oxygens (including phenoxy) is 1. The van der Waals surface area contributed by atoms with Crippen molar-refractivity contribution in [1.29, 1.82) is 0 Å². The molecule has 0 atom stereocenters. The molecule has 0 spiro atoms. The van der Waals surface area contributed by atoms with Crippen molar-refractivity contribution in [3.05, 3.63) is 65.2 Å². The second kappa shape index (κ2) is 7.08. The summed E-state index contributed by atoms with van der Waals surface area (Å²) in [6, 6.07) is 13.2. The van der Waals surface area contributed by atoms with Crippen LogP contribution < -0.4 is 4.74 Å². The summed E-state index contributed by atoms with van der Waals surface area (Å²) in [5.74, 6) is -0.692. The molecule has 0 aliphatic rings. The van der Waals surface area contributed by atoms with Crippen molar-refractivity contribution in [2.24, 2.45) is 0 Å². The molecule has 1 N–H and O–H groups in total. The van der Waals surface area contributed by atoms with Gasteiger partial charge in [-0.15, -0.1) is 0 Å². The first-order chi connectivity index (χ1) is 13.4. The Morgan fingerprint density at radius 2 is 1.71 bits per heavy atom. The Bertz CT molecular complexity index is 1130. The lowest BCUT2D eigenvalue weighted by molar-refractivity contribution is -0.145. The van der Waals surface area contributed by atoms with Gasteiger partial charge in [-0.05, 0) is 36.4 Å². The van der Waals surface area contributed by atoms with E-state index in [9.17, 15) is 13.2 Å². The third-order valence-electron chi connectivity index (χ3n) is 3.80. The number of aromatic nitrogens is 5. The normalized spacial score (nSPS) is 11.7. The van der Waals surface area contributed by atoms with E-state index in [1.807, 2.05) is 0 Å². The van der Waals surface area contributed by atoms with E-state index in [1.165, 1.54) is 6.07 Å². The average Bonchev–Trinajstić information content (AvgIpc) is 3.15. The highest BCUT2D eigenvalue weighted by molar-refractivity contribution is 6.30. The molecule has 2 aromatic carbocycles. The van der Waals surface area contributed by atoms with Crippen molar-refractivity contribution in [3.8, 4) is 17.3 Å². The number of halogens is 4. The lowest BCUT2D eigenvalue weighted by atomic mass is 10.2. The van der Waals surface area contributed by atoms with Gasteiger partial charge in [-0.1, -0.05) is 23.7 Å². The van der Waals surface area contributed by atoms with Crippen molar-refractivity contribution in [3.63, 3.8) is 0 Å². The first kappa shape index (κ1) is 18.2. The number of hydrogen-bond donors (Lipinski definition) is 1. The topological polar surface area (TPSA) is 76.6 Å². The largest absolute Gasteiger partial charge is 0.469 e. The minimum absolute atomic E-state index is 0.138. The van der Waals surface area contributed by atoms with E-state index in [4.69, 9.17) is 16.3 Å². The number of hydrogen-bond acceptors (Lipinski definition) is 5. The summed E-state index contributed by atoms with van der Waals surface area (Å²) < 4.78 is 44.7. The van der Waals surface area contributed by atoms with Gasteiger partial charge >= 0.3 is 6.18 Å². The molecule has 2 aromatic heterocycles. The van der Waals surface area contributed by atoms with E-state index in [1.54, 1.807) is 42.5 Å². The zero-order chi connectivity index (χ0) is 19.7. The Morgan fingerprint density at radius 3 is 2.46 bits per heavy atom. The second-order valence-corrected chi connectivity index (χ2v) is 6.20. The van der Waals surface area contributed by atoms with Crippen LogP contribution in [0.1, 0.15) is 11.6 Å². The van der Waals surface area contributed by atoms with Crippen LogP contribution in [0.25, 0.3) is 22.3 Å². The van der Waals surface area contributed by atoms with Crippen LogP contribution in [0, 0.1) is 0 Å². The maximum atomic E-state index is 13.1. The number of alkyl halides is 3. The molecule has 142 valence electrons. The second-order valence-electron chi connectivity index (χ2n) is 5.77. The monoisotopic (exact) mass is 405 g/mol. The van der Waals surface area contributed by atoms with Gasteiger partial charge < -0.3 is 4.74 Å². The maximum Gasteiger partial charge on any atom is 0.451 e. The molecule has 0 bridgehead atoms. The summed E-state index contributed by atoms with van der Waals surface area (Å²) in [5, 5.41) is 7.72. The predicted octanol–water partition coefficient (Wildman–Crippen LogP) is 4.67. The molecule has 0 aliphatic carbocycles. The Labute approximate surface area is 161 Å². The van der Waals surface area contributed by atoms with Crippen LogP contribution >= 0.6 is 11.6 Å². The molecule has 0 aliphatic heterocycles. The third kappa shape index (κ3) is 3.74. The van der Waals surface area contributed by atoms with Crippen molar-refractivity contribution in [1.82, 2.24) is 25.1 Å². The van der Waals surface area contributed by atoms with E-state index >= 15 is 0 Å². The molecule has 2 heterocycles. The number of nitrogens with zero attached hydrogens (tertiary/aromatic N) is 4. The number of aromatic amines is 1. The molecular weight excluding hydrogens is 395 g/mol. The molecule has 0 saturated carbocycles. The quantitative estimate of drug-likeness (QED) is 0.534. The fraction of sp³-hybridized carbons (Fsp3) is 0.111. The van der Waals surface area contributed by atoms with Crippen molar-refractivity contribution in [2.75, 3.05) is 0 Å². The fourth-order valence-electron chi connectivity index (χ4n) is 2.51. The van der Waals surface area contributed by atoms with E-state index < -0.39 is 12.0 Å². The van der Waals surface area contributed by atoms with Crippen LogP contribution in [0.2, 0.25) is 5.02 Å². The molecule has 0 saturated heterocycles. The van der Waals surface area contributed by atoms with Gasteiger partial charge in [0, 0.05) is 10.6 Å². The molecule has 0 amide bonds. The van der Waals surface area contributed by atoms with Gasteiger partial charge in [0.25, 0.3) is 0 Å². The van der Waals surface area contributed by atoms with Crippen LogP contribution in [0.4, 0.5) is 13.2 Å². The Kier molecular flexibility index (Phi) is 4.60. The van der Waals surface area contributed by atoms with Crippen molar-refractivity contribution in [2.45, 2.75) is 12.8 Å². The third-order valence-corrected chi connectivity index (χ3v) is 4.05. The Hall–Kier alpha value is -3.20. The molecular formula is C18H11ClF3N5O. The summed E-state index contributed by atoms with van der Waals surface area (Å²) in [6.07, 6.45) is -4.68. The SMILES string of the molecule is FC(F)(F)c1nc(OCc2nc(-c3ccc(Cl)cc3)n[nH]2)c2ccccc2n1. The first-order valence-electron chi connectivity index (χ1n) is 8.04. The standard InChI is InChI=1S/C18H11ClF3N5O/c19-11-7-5-10(6-8-11)15-24-14(26-27-15)9-28-16-12-3-1-2-4-13(12)23-17(25-16)18(20,21)22/h1-8H,9H2,(H,24,26,27). The molecule has 4 rings (SSSR count). The lowest BCUT2D eigenvalue weighted by Gasteiger charge is -2.10. The Morgan fingerprint density at radius 1 is 0.964 bits per heavy atom. The summed E-state index contributed by atoms with van der Waals surface area (Å²) >= 11 is 5.85. The van der Waals surface area contributed by atoms with Crippen LogP contribution in [-0.4, -0.2) is 25.1 Å². The predicted molar refractivity (Wildman–Crippen MR) is 95.7 cm³/mol. The van der Waals surface area contributed by atoms with Crippen LogP contribution in [0.5, 0.6) is 5.88 Å². The van der Waals surface area contributed by atoms with Crippen molar-refractivity contribution < 1.29 is 17.9 Å². The van der Waals surface area contributed by atoms with Crippen molar-refractivity contribution >= 4 is 22.5 Å². The summed E-state index contributed by atoms with van der Waals surface area (Å²) in [4.78, 5) is 11.4. The lowest BCUT2D eigenvalue weighted by Crippen LogP contribution is -2.12. The molecule has 0 radical (unpaired) electrons. The molecule has 4 aromatic rings. The van der Waals surface area contributed by atoms with Gasteiger partial charge in [0.05, 0.1) is 10.9 Å². The number of para-hydroxylation sites is 1. The van der Waals surface area contributed by atoms with E-state index in [-0.39, 0.29) is 18.0 Å². The van der Waals surface area contributed by atoms with E-state index in [2.05, 4.69) is 25.1 Å². The van der Waals surface area contributed by atoms with Gasteiger partial charge in [-0.2, -0.15) is 23.3 Å². The summed E-state index contributed by atoms with van der Waals surface area (Å²) in [7, 11) is 0. The minimum Gasteiger partial charge on any atom is -0.469 e. The zero-order valence-electron chi connectivity index (χ0n) is 14.0. The average molecular weight is 406 g/mol. The smallest absolute Gasteiger partial charge is 0.451 e. The Balaban J connectivity index is 1.60. The first-order valence-corrected chi connectivity index (χ1v) is 8.42. The number of rotatable bonds is 4. The highest BCUT2D eigenvalue weighted by Gasteiger charge is 2.35. The van der Waals surface area contributed by atoms with Gasteiger partial charge in [0.1, 0.15) is 6.61 Å². The van der Waals surface area contributed by atoms with Gasteiger partial charge in [0.15, 0.2) is 11.6 Å². The molecule has 0 unspecified atom stereocenters. The van der Waals surface area contributed by atoms with E-state index in [0.29, 0.717) is 22.1 Å². The van der Waals surface area contributed by atoms with E-state index in [0.717, 1.165) is 5.56 Å². The van der Waals surface area contributed by atoms with Gasteiger partial charge in [-0.25, -0.2) is 9.97 Å². The van der Waals surface area contributed by atoms with Crippen LogP contribution in [0.3, 0.4) is 0 Å². The van der Waals surface area contributed by atoms with Gasteiger partial charge in [-0.3, -0.25) is 5.10 Å². The molecule has 0 fully saturated rings. The fourth-order valence-corrected chi connectivity index (χ4v) is 2.63. The molecule has 6 nitrogen and oxygen atoms in total. The highest BCUT2D eigenvalue weighted by Crippen LogP contribution is 2.31. The summed E-state index contributed by atoms with van der Waals surface area (Å²) in [5.41, 5.74) is 0.873. The number of nitrogens with one attached hydrogen (secondary N) is 1. The van der Waals surface area contributed by atoms with Crippen LogP contribution in [0.15, 0.2) is 48.5 Å². The molecule has 10 heteroatoms. The maximum absolute atomic E-state index is 13.1. The number of H-pyrrole nitrogens is 1. The zero-order valence-corrected chi connectivity index (χ0v) is 14.8. The number of fused-ring (bicyclic) bond motifs is 1.